The predicted molar refractivity (Wildman–Crippen MR) is 99.2 cm³/mol. The van der Waals surface area contributed by atoms with Crippen molar-refractivity contribution in [2.24, 2.45) is 0 Å². The zero-order chi connectivity index (χ0) is 16.1. The number of nitrogens with two attached hydrogens (primary N) is 1. The number of aryl methyl sites for hydroxylation is 1. The van der Waals surface area contributed by atoms with Crippen LogP contribution < -0.4 is 10.5 Å². The Kier molecular flexibility index (Phi) is 6.53. The maximum absolute atomic E-state index is 5.93. The lowest BCUT2D eigenvalue weighted by Gasteiger charge is -2.28. The van der Waals surface area contributed by atoms with Crippen LogP contribution in [0.3, 0.4) is 0 Å². The Morgan fingerprint density at radius 2 is 2.00 bits per heavy atom. The second kappa shape index (κ2) is 8.62. The van der Waals surface area contributed by atoms with Gasteiger partial charge in [0.1, 0.15) is 24.4 Å². The van der Waals surface area contributed by atoms with Crippen LogP contribution in [-0.4, -0.2) is 24.6 Å². The second-order valence-electron chi connectivity index (χ2n) is 5.79. The number of benzene rings is 2. The summed E-state index contributed by atoms with van der Waals surface area (Å²) in [5.41, 5.74) is 8.98. The van der Waals surface area contributed by atoms with E-state index in [1.54, 1.807) is 6.26 Å². The summed E-state index contributed by atoms with van der Waals surface area (Å²) in [7, 11) is 0. The Morgan fingerprint density at radius 1 is 1.21 bits per heavy atom. The molecule has 1 aliphatic rings. The van der Waals surface area contributed by atoms with Crippen LogP contribution in [0.4, 0.5) is 5.69 Å². The van der Waals surface area contributed by atoms with Gasteiger partial charge < -0.3 is 15.2 Å². The highest BCUT2D eigenvalue weighted by Crippen LogP contribution is 2.23. The fraction of sp³-hybridized carbons (Fsp3) is 0.263. The van der Waals surface area contributed by atoms with E-state index in [9.17, 15) is 0 Å². The Hall–Kier alpha value is -2.17. The SMILES string of the molecule is Cc1ccc(N)c(OC=C2CN(Cc3ccccc3)CCO2)c1.Cl. The number of halogens is 1. The molecule has 1 heterocycles. The maximum atomic E-state index is 5.93. The van der Waals surface area contributed by atoms with E-state index in [-0.39, 0.29) is 12.4 Å². The number of morpholine rings is 1. The molecule has 0 amide bonds. The molecule has 128 valence electrons. The molecule has 0 atom stereocenters. The summed E-state index contributed by atoms with van der Waals surface area (Å²) >= 11 is 0. The first-order chi connectivity index (χ1) is 11.2. The number of hydrogen-bond acceptors (Lipinski definition) is 4. The van der Waals surface area contributed by atoms with Crippen LogP contribution in [0, 0.1) is 6.92 Å². The molecule has 3 rings (SSSR count). The molecular formula is C19H23ClN2O2. The normalized spacial score (nSPS) is 16.3. The predicted octanol–water partition coefficient (Wildman–Crippen LogP) is 3.75. The van der Waals surface area contributed by atoms with Crippen LogP contribution >= 0.6 is 12.4 Å². The number of nitrogen functional groups attached to an aromatic ring is 1. The number of hydrogen-bond donors (Lipinski definition) is 1. The van der Waals surface area contributed by atoms with Gasteiger partial charge in [-0.25, -0.2) is 0 Å². The fourth-order valence-corrected chi connectivity index (χ4v) is 2.57. The van der Waals surface area contributed by atoms with Crippen molar-refractivity contribution < 1.29 is 9.47 Å². The van der Waals surface area contributed by atoms with E-state index < -0.39 is 0 Å². The summed E-state index contributed by atoms with van der Waals surface area (Å²) in [5, 5.41) is 0. The molecule has 0 aliphatic carbocycles. The molecule has 2 aromatic rings. The molecular weight excluding hydrogens is 324 g/mol. The molecule has 2 aromatic carbocycles. The Morgan fingerprint density at radius 3 is 2.79 bits per heavy atom. The summed E-state index contributed by atoms with van der Waals surface area (Å²) in [5.74, 6) is 1.49. The van der Waals surface area contributed by atoms with Gasteiger partial charge in [-0.05, 0) is 30.2 Å². The minimum Gasteiger partial charge on any atom is -0.492 e. The molecule has 0 aromatic heterocycles. The third-order valence-corrected chi connectivity index (χ3v) is 3.81. The van der Waals surface area contributed by atoms with Crippen molar-refractivity contribution in [2.75, 3.05) is 25.4 Å². The van der Waals surface area contributed by atoms with Gasteiger partial charge in [-0.15, -0.1) is 12.4 Å². The first-order valence-electron chi connectivity index (χ1n) is 7.81. The van der Waals surface area contributed by atoms with Gasteiger partial charge >= 0.3 is 0 Å². The summed E-state index contributed by atoms with van der Waals surface area (Å²) in [4.78, 5) is 2.34. The second-order valence-corrected chi connectivity index (χ2v) is 5.79. The van der Waals surface area contributed by atoms with E-state index in [2.05, 4.69) is 29.2 Å². The van der Waals surface area contributed by atoms with Gasteiger partial charge in [0.2, 0.25) is 0 Å². The van der Waals surface area contributed by atoms with Gasteiger partial charge in [0.25, 0.3) is 0 Å². The highest BCUT2D eigenvalue weighted by Gasteiger charge is 2.16. The largest absolute Gasteiger partial charge is 0.492 e. The Bertz CT molecular complexity index is 689. The molecule has 0 radical (unpaired) electrons. The van der Waals surface area contributed by atoms with E-state index >= 15 is 0 Å². The van der Waals surface area contributed by atoms with Crippen LogP contribution in [0.1, 0.15) is 11.1 Å². The number of rotatable bonds is 4. The highest BCUT2D eigenvalue weighted by molar-refractivity contribution is 5.85. The molecule has 24 heavy (non-hydrogen) atoms. The van der Waals surface area contributed by atoms with Crippen molar-refractivity contribution in [3.05, 3.63) is 71.7 Å². The van der Waals surface area contributed by atoms with Crippen LogP contribution in [0.25, 0.3) is 0 Å². The number of ether oxygens (including phenoxy) is 2. The van der Waals surface area contributed by atoms with Crippen molar-refractivity contribution in [3.8, 4) is 5.75 Å². The summed E-state index contributed by atoms with van der Waals surface area (Å²) in [6, 6.07) is 16.2. The monoisotopic (exact) mass is 346 g/mol. The molecule has 0 spiro atoms. The van der Waals surface area contributed by atoms with E-state index in [0.717, 1.165) is 31.0 Å². The average molecular weight is 347 g/mol. The van der Waals surface area contributed by atoms with Gasteiger partial charge in [0.15, 0.2) is 0 Å². The van der Waals surface area contributed by atoms with Crippen molar-refractivity contribution >= 4 is 18.1 Å². The smallest absolute Gasteiger partial charge is 0.149 e. The third kappa shape index (κ3) is 4.91. The van der Waals surface area contributed by atoms with Crippen molar-refractivity contribution in [1.29, 1.82) is 0 Å². The van der Waals surface area contributed by atoms with E-state index in [1.807, 2.05) is 31.2 Å². The molecule has 4 nitrogen and oxygen atoms in total. The van der Waals surface area contributed by atoms with Crippen molar-refractivity contribution in [2.45, 2.75) is 13.5 Å². The van der Waals surface area contributed by atoms with Gasteiger partial charge in [0.05, 0.1) is 12.2 Å². The Balaban J connectivity index is 0.00000208. The molecule has 0 unspecified atom stereocenters. The zero-order valence-electron chi connectivity index (χ0n) is 13.8. The zero-order valence-corrected chi connectivity index (χ0v) is 14.6. The van der Waals surface area contributed by atoms with Gasteiger partial charge in [0, 0.05) is 13.1 Å². The molecule has 1 fully saturated rings. The quantitative estimate of drug-likeness (QED) is 0.676. The standard InChI is InChI=1S/C19H22N2O2.ClH/c1-15-7-8-18(20)19(11-15)23-14-17-13-21(9-10-22-17)12-16-5-3-2-4-6-16;/h2-8,11,14H,9-10,12-13,20H2,1H3;1H. The molecule has 0 saturated carbocycles. The first-order valence-corrected chi connectivity index (χ1v) is 7.81. The minimum atomic E-state index is 0. The van der Waals surface area contributed by atoms with E-state index in [4.69, 9.17) is 15.2 Å². The summed E-state index contributed by atoms with van der Waals surface area (Å²) < 4.78 is 11.4. The molecule has 0 bridgehead atoms. The molecule has 5 heteroatoms. The minimum absolute atomic E-state index is 0. The van der Waals surface area contributed by atoms with Gasteiger partial charge in [-0.1, -0.05) is 36.4 Å². The van der Waals surface area contributed by atoms with E-state index in [1.165, 1.54) is 5.56 Å². The Labute approximate surface area is 149 Å². The van der Waals surface area contributed by atoms with Crippen molar-refractivity contribution in [1.82, 2.24) is 4.90 Å². The van der Waals surface area contributed by atoms with Gasteiger partial charge in [-0.2, -0.15) is 0 Å². The lowest BCUT2D eigenvalue weighted by Crippen LogP contribution is -2.34. The maximum Gasteiger partial charge on any atom is 0.149 e. The number of anilines is 1. The van der Waals surface area contributed by atoms with Gasteiger partial charge in [-0.3, -0.25) is 4.90 Å². The van der Waals surface area contributed by atoms with Crippen LogP contribution in [0.15, 0.2) is 60.6 Å². The lowest BCUT2D eigenvalue weighted by atomic mass is 10.2. The molecule has 1 aliphatic heterocycles. The summed E-state index contributed by atoms with van der Waals surface area (Å²) in [6.07, 6.45) is 1.67. The molecule has 2 N–H and O–H groups in total. The summed E-state index contributed by atoms with van der Waals surface area (Å²) in [6.45, 7) is 5.25. The molecule has 1 saturated heterocycles. The van der Waals surface area contributed by atoms with Crippen LogP contribution in [0.5, 0.6) is 5.75 Å². The average Bonchev–Trinajstić information content (AvgIpc) is 2.57. The third-order valence-electron chi connectivity index (χ3n) is 3.81. The van der Waals surface area contributed by atoms with E-state index in [0.29, 0.717) is 18.0 Å². The lowest BCUT2D eigenvalue weighted by molar-refractivity contribution is 0.0843. The number of nitrogens with zero attached hydrogens (tertiary/aromatic N) is 1. The van der Waals surface area contributed by atoms with Crippen LogP contribution in [-0.2, 0) is 11.3 Å². The van der Waals surface area contributed by atoms with Crippen molar-refractivity contribution in [3.63, 3.8) is 0 Å². The van der Waals surface area contributed by atoms with Crippen LogP contribution in [0.2, 0.25) is 0 Å². The highest BCUT2D eigenvalue weighted by atomic mass is 35.5. The fourth-order valence-electron chi connectivity index (χ4n) is 2.57. The topological polar surface area (TPSA) is 47.7 Å². The first kappa shape index (κ1) is 18.2.